The number of aliphatic hydroxyl groups is 1. The molecule has 0 amide bonds. The van der Waals surface area contributed by atoms with Gasteiger partial charge in [0.15, 0.2) is 0 Å². The third-order valence-electron chi connectivity index (χ3n) is 13.4. The highest BCUT2D eigenvalue weighted by atomic mass is 16.4. The van der Waals surface area contributed by atoms with Gasteiger partial charge in [-0.1, -0.05) is 60.1 Å². The number of carboxylic acid groups (broad SMARTS) is 1. The summed E-state index contributed by atoms with van der Waals surface area (Å²) in [6, 6.07) is 0. The van der Waals surface area contributed by atoms with E-state index in [-0.39, 0.29) is 33.7 Å². The average molecular weight is 457 g/mol. The van der Waals surface area contributed by atoms with E-state index < -0.39 is 11.4 Å². The monoisotopic (exact) mass is 456 g/mol. The van der Waals surface area contributed by atoms with Crippen LogP contribution >= 0.6 is 0 Å². The van der Waals surface area contributed by atoms with Crippen LogP contribution in [0.5, 0.6) is 0 Å². The van der Waals surface area contributed by atoms with Crippen molar-refractivity contribution in [2.24, 2.45) is 56.7 Å². The van der Waals surface area contributed by atoms with Gasteiger partial charge in [-0.15, -0.1) is 0 Å². The number of carboxylic acids is 1. The van der Waals surface area contributed by atoms with Gasteiger partial charge < -0.3 is 10.2 Å². The van der Waals surface area contributed by atoms with Gasteiger partial charge in [0.05, 0.1) is 11.5 Å². The highest BCUT2D eigenvalue weighted by Gasteiger charge is 2.69. The van der Waals surface area contributed by atoms with E-state index in [1.807, 2.05) is 0 Å². The van der Waals surface area contributed by atoms with E-state index in [0.29, 0.717) is 23.7 Å². The topological polar surface area (TPSA) is 57.5 Å². The first-order valence-corrected chi connectivity index (χ1v) is 13.9. The Morgan fingerprint density at radius 1 is 0.909 bits per heavy atom. The number of rotatable bonds is 1. The van der Waals surface area contributed by atoms with Gasteiger partial charge in [0.2, 0.25) is 0 Å². The number of fused-ring (bicyclic) bond motifs is 7. The van der Waals surface area contributed by atoms with E-state index in [0.717, 1.165) is 44.9 Å². The minimum Gasteiger partial charge on any atom is -0.481 e. The second-order valence-electron chi connectivity index (χ2n) is 14.5. The van der Waals surface area contributed by atoms with Crippen LogP contribution in [0.2, 0.25) is 0 Å². The molecule has 0 saturated heterocycles. The fourth-order valence-corrected chi connectivity index (χ4v) is 10.8. The van der Waals surface area contributed by atoms with Gasteiger partial charge in [0.25, 0.3) is 0 Å². The summed E-state index contributed by atoms with van der Waals surface area (Å²) in [5.41, 5.74) is 1.46. The van der Waals surface area contributed by atoms with Crippen LogP contribution in [-0.2, 0) is 4.79 Å². The second-order valence-corrected chi connectivity index (χ2v) is 14.5. The molecule has 5 aliphatic carbocycles. The van der Waals surface area contributed by atoms with E-state index in [1.54, 1.807) is 0 Å². The zero-order chi connectivity index (χ0) is 24.2. The Morgan fingerprint density at radius 2 is 1.61 bits per heavy atom. The van der Waals surface area contributed by atoms with Crippen molar-refractivity contribution >= 4 is 5.97 Å². The van der Waals surface area contributed by atoms with Crippen LogP contribution in [0.1, 0.15) is 106 Å². The van der Waals surface area contributed by atoms with Gasteiger partial charge in [-0.25, -0.2) is 0 Å². The number of hydrogen-bond acceptors (Lipinski definition) is 2. The van der Waals surface area contributed by atoms with Crippen molar-refractivity contribution in [3.05, 3.63) is 11.6 Å². The molecular weight excluding hydrogens is 408 g/mol. The van der Waals surface area contributed by atoms with Crippen LogP contribution in [0.3, 0.4) is 0 Å². The van der Waals surface area contributed by atoms with Gasteiger partial charge in [-0.3, -0.25) is 4.79 Å². The van der Waals surface area contributed by atoms with Gasteiger partial charge in [-0.05, 0) is 109 Å². The summed E-state index contributed by atoms with van der Waals surface area (Å²) >= 11 is 0. The molecule has 0 unspecified atom stereocenters. The number of carbonyl (C=O) groups is 1. The molecule has 0 radical (unpaired) electrons. The van der Waals surface area contributed by atoms with Crippen LogP contribution in [-0.4, -0.2) is 22.3 Å². The molecule has 0 bridgehead atoms. The molecule has 2 N–H and O–H groups in total. The van der Waals surface area contributed by atoms with Gasteiger partial charge in [0, 0.05) is 0 Å². The quantitative estimate of drug-likeness (QED) is 0.414. The Hall–Kier alpha value is -0.830. The summed E-state index contributed by atoms with van der Waals surface area (Å²) in [5, 5.41) is 21.4. The maximum absolute atomic E-state index is 12.8. The van der Waals surface area contributed by atoms with Crippen molar-refractivity contribution in [3.8, 4) is 0 Å². The average Bonchev–Trinajstić information content (AvgIpc) is 2.74. The Kier molecular flexibility index (Phi) is 5.15. The molecule has 0 spiro atoms. The lowest BCUT2D eigenvalue weighted by molar-refractivity contribution is -0.206. The molecule has 3 heteroatoms. The van der Waals surface area contributed by atoms with E-state index >= 15 is 0 Å². The molecule has 5 aliphatic rings. The fraction of sp³-hybridized carbons (Fsp3) is 0.900. The Labute approximate surface area is 201 Å². The van der Waals surface area contributed by atoms with Crippen molar-refractivity contribution in [3.63, 3.8) is 0 Å². The number of hydrogen-bond donors (Lipinski definition) is 2. The number of aliphatic hydroxyl groups excluding tert-OH is 1. The molecular formula is C30H48O3. The zero-order valence-corrected chi connectivity index (χ0v) is 22.2. The predicted octanol–water partition coefficient (Wildman–Crippen LogP) is 7.09. The van der Waals surface area contributed by atoms with Gasteiger partial charge in [-0.2, -0.15) is 0 Å². The first-order valence-electron chi connectivity index (χ1n) is 13.9. The smallest absolute Gasteiger partial charge is 0.310 e. The Bertz CT molecular complexity index is 874. The van der Waals surface area contributed by atoms with E-state index in [1.165, 1.54) is 18.4 Å². The Balaban J connectivity index is 1.61. The standard InChI is InChI=1S/C30H48O3/c1-18-10-15-30(25(32)33)17-16-28(6)20(24(30)19(18)2)8-9-22-27(5)13-12-23(31)26(3,4)21(27)11-14-29(22,28)7/h8,18-19,21-24,31H,9-17H2,1-7H3,(H,32,33)/t18-,19+,21+,22+,23-,24+,27+,28-,29-,30+/m1/s1. The van der Waals surface area contributed by atoms with Crippen LogP contribution in [0.15, 0.2) is 11.6 Å². The largest absolute Gasteiger partial charge is 0.481 e. The lowest BCUT2D eigenvalue weighted by Crippen LogP contribution is -2.65. The summed E-state index contributed by atoms with van der Waals surface area (Å²) in [6.45, 7) is 17.0. The maximum atomic E-state index is 12.8. The normalized spacial score (nSPS) is 55.3. The highest BCUT2D eigenvalue weighted by molar-refractivity contribution is 5.76. The minimum atomic E-state index is -0.557. The van der Waals surface area contributed by atoms with Crippen molar-refractivity contribution < 1.29 is 15.0 Å². The lowest BCUT2D eigenvalue weighted by atomic mass is 9.33. The summed E-state index contributed by atoms with van der Waals surface area (Å²) < 4.78 is 0. The minimum absolute atomic E-state index is 0.0302. The van der Waals surface area contributed by atoms with Crippen molar-refractivity contribution in [1.82, 2.24) is 0 Å². The first-order chi connectivity index (χ1) is 15.3. The molecule has 3 nitrogen and oxygen atoms in total. The van der Waals surface area contributed by atoms with E-state index in [2.05, 4.69) is 54.5 Å². The van der Waals surface area contributed by atoms with Crippen molar-refractivity contribution in [2.75, 3.05) is 0 Å². The molecule has 0 heterocycles. The maximum Gasteiger partial charge on any atom is 0.310 e. The molecule has 0 aromatic carbocycles. The third kappa shape index (κ3) is 2.75. The molecule has 186 valence electrons. The summed E-state index contributed by atoms with van der Waals surface area (Å²) in [6.07, 6.45) is 11.6. The fourth-order valence-electron chi connectivity index (χ4n) is 10.8. The second kappa shape index (κ2) is 7.11. The van der Waals surface area contributed by atoms with E-state index in [9.17, 15) is 15.0 Å². The van der Waals surface area contributed by atoms with Crippen LogP contribution in [0, 0.1) is 56.7 Å². The van der Waals surface area contributed by atoms with Gasteiger partial charge in [0.1, 0.15) is 0 Å². The first kappa shape index (κ1) is 23.9. The summed E-state index contributed by atoms with van der Waals surface area (Å²) in [5.74, 6) is 1.82. The summed E-state index contributed by atoms with van der Waals surface area (Å²) in [7, 11) is 0. The molecule has 4 saturated carbocycles. The zero-order valence-electron chi connectivity index (χ0n) is 22.2. The molecule has 0 aromatic rings. The molecule has 4 fully saturated rings. The lowest BCUT2D eigenvalue weighted by Gasteiger charge is -2.71. The van der Waals surface area contributed by atoms with Gasteiger partial charge >= 0.3 is 5.97 Å². The number of allylic oxidation sites excluding steroid dienone is 2. The van der Waals surface area contributed by atoms with Crippen LogP contribution in [0.25, 0.3) is 0 Å². The van der Waals surface area contributed by atoms with Crippen LogP contribution in [0.4, 0.5) is 0 Å². The molecule has 0 aliphatic heterocycles. The van der Waals surface area contributed by atoms with Crippen molar-refractivity contribution in [2.45, 2.75) is 112 Å². The molecule has 33 heavy (non-hydrogen) atoms. The third-order valence-corrected chi connectivity index (χ3v) is 13.4. The van der Waals surface area contributed by atoms with Crippen molar-refractivity contribution in [1.29, 1.82) is 0 Å². The molecule has 5 rings (SSSR count). The highest BCUT2D eigenvalue weighted by Crippen LogP contribution is 2.75. The summed E-state index contributed by atoms with van der Waals surface area (Å²) in [4.78, 5) is 12.8. The SMILES string of the molecule is C[C@H]1[C@H](C)CC[C@]2(C(=O)O)CC[C@]3(C)C(=CC[C@H]4[C@@]5(C)CC[C@@H](O)C(C)(C)[C@@H]5CC[C@]43C)[C@H]12. The van der Waals surface area contributed by atoms with E-state index in [4.69, 9.17) is 0 Å². The number of aliphatic carboxylic acids is 1. The predicted molar refractivity (Wildman–Crippen MR) is 133 cm³/mol. The Morgan fingerprint density at radius 3 is 2.27 bits per heavy atom. The van der Waals surface area contributed by atoms with Crippen LogP contribution < -0.4 is 0 Å². The molecule has 10 atom stereocenters. The molecule has 0 aromatic heterocycles.